The fourth-order valence-electron chi connectivity index (χ4n) is 2.01. The highest BCUT2D eigenvalue weighted by atomic mass is 16.5. The van der Waals surface area contributed by atoms with Gasteiger partial charge in [0.25, 0.3) is 0 Å². The molecule has 2 heteroatoms. The fraction of sp³-hybridized carbons (Fsp3) is 1.00. The van der Waals surface area contributed by atoms with Crippen LogP contribution in [0.2, 0.25) is 0 Å². The van der Waals surface area contributed by atoms with Gasteiger partial charge in [0.05, 0.1) is 6.10 Å². The first-order valence-electron chi connectivity index (χ1n) is 5.08. The van der Waals surface area contributed by atoms with E-state index in [1.54, 1.807) is 0 Å². The van der Waals surface area contributed by atoms with Crippen molar-refractivity contribution in [2.24, 2.45) is 11.8 Å². The van der Waals surface area contributed by atoms with E-state index >= 15 is 0 Å². The van der Waals surface area contributed by atoms with Gasteiger partial charge in [0, 0.05) is 13.2 Å². The number of ether oxygens (including phenoxy) is 1. The first-order chi connectivity index (χ1) is 5.75. The van der Waals surface area contributed by atoms with Gasteiger partial charge >= 0.3 is 0 Å². The van der Waals surface area contributed by atoms with Gasteiger partial charge < -0.3 is 10.1 Å². The van der Waals surface area contributed by atoms with Crippen LogP contribution in [0, 0.1) is 11.8 Å². The van der Waals surface area contributed by atoms with Crippen LogP contribution < -0.4 is 5.32 Å². The Bertz CT molecular complexity index is 123. The van der Waals surface area contributed by atoms with Crippen LogP contribution in [0.4, 0.5) is 0 Å². The Morgan fingerprint density at radius 2 is 2.25 bits per heavy atom. The number of rotatable bonds is 3. The second kappa shape index (κ2) is 4.83. The number of piperidine rings is 1. The molecule has 0 saturated carbocycles. The molecule has 1 aliphatic heterocycles. The summed E-state index contributed by atoms with van der Waals surface area (Å²) in [5.74, 6) is 1.51. The molecule has 0 aromatic carbocycles. The van der Waals surface area contributed by atoms with Gasteiger partial charge in [0.15, 0.2) is 0 Å². The molecule has 1 saturated heterocycles. The first-order valence-corrected chi connectivity index (χ1v) is 5.08. The maximum absolute atomic E-state index is 5.69. The van der Waals surface area contributed by atoms with Crippen LogP contribution in [0.3, 0.4) is 0 Å². The van der Waals surface area contributed by atoms with Crippen LogP contribution >= 0.6 is 0 Å². The van der Waals surface area contributed by atoms with Crippen molar-refractivity contribution in [3.05, 3.63) is 0 Å². The Morgan fingerprint density at radius 1 is 1.50 bits per heavy atom. The molecule has 2 atom stereocenters. The van der Waals surface area contributed by atoms with Crippen LogP contribution in [-0.4, -0.2) is 25.8 Å². The van der Waals surface area contributed by atoms with Crippen LogP contribution in [0.1, 0.15) is 27.2 Å². The van der Waals surface area contributed by atoms with Crippen LogP contribution in [-0.2, 0) is 4.74 Å². The Balaban J connectivity index is 2.42. The summed E-state index contributed by atoms with van der Waals surface area (Å²) in [7, 11) is 0. The summed E-state index contributed by atoms with van der Waals surface area (Å²) in [4.78, 5) is 0. The number of nitrogens with one attached hydrogen (secondary N) is 1. The van der Waals surface area contributed by atoms with E-state index in [2.05, 4.69) is 26.1 Å². The molecular weight excluding hydrogens is 150 g/mol. The van der Waals surface area contributed by atoms with E-state index in [0.29, 0.717) is 6.10 Å². The van der Waals surface area contributed by atoms with Gasteiger partial charge in [0.1, 0.15) is 0 Å². The van der Waals surface area contributed by atoms with E-state index in [4.69, 9.17) is 4.74 Å². The molecule has 72 valence electrons. The van der Waals surface area contributed by atoms with E-state index in [-0.39, 0.29) is 0 Å². The van der Waals surface area contributed by atoms with Gasteiger partial charge in [-0.05, 0) is 31.7 Å². The minimum Gasteiger partial charge on any atom is -0.377 e. The lowest BCUT2D eigenvalue weighted by atomic mass is 9.85. The van der Waals surface area contributed by atoms with Crippen molar-refractivity contribution in [2.75, 3.05) is 19.7 Å². The monoisotopic (exact) mass is 171 g/mol. The zero-order valence-corrected chi connectivity index (χ0v) is 8.47. The van der Waals surface area contributed by atoms with Gasteiger partial charge in [0.2, 0.25) is 0 Å². The van der Waals surface area contributed by atoms with Crippen molar-refractivity contribution in [3.8, 4) is 0 Å². The molecule has 0 aromatic rings. The largest absolute Gasteiger partial charge is 0.377 e. The smallest absolute Gasteiger partial charge is 0.0730 e. The molecule has 1 rings (SSSR count). The molecule has 0 radical (unpaired) electrons. The molecule has 1 fully saturated rings. The highest BCUT2D eigenvalue weighted by Gasteiger charge is 2.27. The van der Waals surface area contributed by atoms with E-state index in [1.165, 1.54) is 6.42 Å². The third kappa shape index (κ3) is 2.46. The average Bonchev–Trinajstić information content (AvgIpc) is 2.05. The third-order valence-electron chi connectivity index (χ3n) is 2.71. The van der Waals surface area contributed by atoms with Gasteiger partial charge in [-0.15, -0.1) is 0 Å². The van der Waals surface area contributed by atoms with Crippen molar-refractivity contribution in [3.63, 3.8) is 0 Å². The molecule has 0 bridgehead atoms. The van der Waals surface area contributed by atoms with Crippen LogP contribution in [0.25, 0.3) is 0 Å². The van der Waals surface area contributed by atoms with Crippen molar-refractivity contribution < 1.29 is 4.74 Å². The first kappa shape index (κ1) is 10.0. The highest BCUT2D eigenvalue weighted by Crippen LogP contribution is 2.23. The summed E-state index contributed by atoms with van der Waals surface area (Å²) in [6.45, 7) is 9.70. The normalized spacial score (nSPS) is 31.0. The van der Waals surface area contributed by atoms with E-state index in [9.17, 15) is 0 Å². The van der Waals surface area contributed by atoms with Crippen LogP contribution in [0.5, 0.6) is 0 Å². The summed E-state index contributed by atoms with van der Waals surface area (Å²) < 4.78 is 5.69. The lowest BCUT2D eigenvalue weighted by Gasteiger charge is -2.34. The fourth-order valence-corrected chi connectivity index (χ4v) is 2.01. The second-order valence-electron chi connectivity index (χ2n) is 3.89. The molecule has 2 nitrogen and oxygen atoms in total. The molecule has 1 N–H and O–H groups in total. The lowest BCUT2D eigenvalue weighted by molar-refractivity contribution is -0.0106. The van der Waals surface area contributed by atoms with Gasteiger partial charge in [-0.1, -0.05) is 13.8 Å². The molecule has 0 spiro atoms. The van der Waals surface area contributed by atoms with E-state index in [1.807, 2.05) is 0 Å². The average molecular weight is 171 g/mol. The summed E-state index contributed by atoms with van der Waals surface area (Å²) in [6, 6.07) is 0. The zero-order chi connectivity index (χ0) is 8.97. The number of hydrogen-bond donors (Lipinski definition) is 1. The highest BCUT2D eigenvalue weighted by molar-refractivity contribution is 4.80. The van der Waals surface area contributed by atoms with E-state index in [0.717, 1.165) is 31.5 Å². The van der Waals surface area contributed by atoms with Gasteiger partial charge in [-0.2, -0.15) is 0 Å². The summed E-state index contributed by atoms with van der Waals surface area (Å²) in [5.41, 5.74) is 0. The standard InChI is InChI=1S/C10H21NO/c1-4-12-10-7-11-6-5-9(10)8(2)3/h8-11H,4-7H2,1-3H3/t9-,10+/m0/s1. The molecule has 0 amide bonds. The maximum Gasteiger partial charge on any atom is 0.0730 e. The molecule has 12 heavy (non-hydrogen) atoms. The number of hydrogen-bond acceptors (Lipinski definition) is 2. The minimum atomic E-state index is 0.448. The SMILES string of the molecule is CCO[C@@H]1CNCC[C@H]1C(C)C. The zero-order valence-electron chi connectivity index (χ0n) is 8.47. The summed E-state index contributed by atoms with van der Waals surface area (Å²) in [6.07, 6.45) is 1.71. The predicted octanol–water partition coefficient (Wildman–Crippen LogP) is 1.66. The molecule has 0 aliphatic carbocycles. The molecule has 0 unspecified atom stereocenters. The van der Waals surface area contributed by atoms with Crippen molar-refractivity contribution in [2.45, 2.75) is 33.3 Å². The third-order valence-corrected chi connectivity index (χ3v) is 2.71. The molecule has 1 heterocycles. The molecule has 0 aromatic heterocycles. The van der Waals surface area contributed by atoms with Crippen LogP contribution in [0.15, 0.2) is 0 Å². The van der Waals surface area contributed by atoms with Crippen molar-refractivity contribution in [1.82, 2.24) is 5.32 Å². The molecular formula is C10H21NO. The Kier molecular flexibility index (Phi) is 4.02. The Morgan fingerprint density at radius 3 is 2.83 bits per heavy atom. The quantitative estimate of drug-likeness (QED) is 0.697. The second-order valence-corrected chi connectivity index (χ2v) is 3.89. The van der Waals surface area contributed by atoms with Gasteiger partial charge in [-0.25, -0.2) is 0 Å². The van der Waals surface area contributed by atoms with E-state index < -0.39 is 0 Å². The predicted molar refractivity (Wildman–Crippen MR) is 51.2 cm³/mol. The van der Waals surface area contributed by atoms with Gasteiger partial charge in [-0.3, -0.25) is 0 Å². The maximum atomic E-state index is 5.69. The molecule has 1 aliphatic rings. The van der Waals surface area contributed by atoms with Crippen molar-refractivity contribution in [1.29, 1.82) is 0 Å². The lowest BCUT2D eigenvalue weighted by Crippen LogP contribution is -2.44. The topological polar surface area (TPSA) is 21.3 Å². The minimum absolute atomic E-state index is 0.448. The summed E-state index contributed by atoms with van der Waals surface area (Å²) >= 11 is 0. The van der Waals surface area contributed by atoms with Crippen molar-refractivity contribution >= 4 is 0 Å². The summed E-state index contributed by atoms with van der Waals surface area (Å²) in [5, 5.41) is 3.38. The Hall–Kier alpha value is -0.0800. The Labute approximate surface area is 75.7 Å².